The predicted octanol–water partition coefficient (Wildman–Crippen LogP) is 1.69. The summed E-state index contributed by atoms with van der Waals surface area (Å²) in [6.45, 7) is 0. The first kappa shape index (κ1) is 14.2. The van der Waals surface area contributed by atoms with E-state index in [2.05, 4.69) is 8.95 Å². The number of hydrogen-bond acceptors (Lipinski definition) is 5. The van der Waals surface area contributed by atoms with Crippen LogP contribution in [0.15, 0.2) is 41.8 Å². The molecule has 0 fully saturated rings. The number of carbonyl (C=O) groups is 1. The van der Waals surface area contributed by atoms with Gasteiger partial charge in [-0.1, -0.05) is 0 Å². The number of hydrogen-bond donors (Lipinski definition) is 1. The van der Waals surface area contributed by atoms with Crippen LogP contribution in [0.1, 0.15) is 9.67 Å². The molecule has 19 heavy (non-hydrogen) atoms. The van der Waals surface area contributed by atoms with Crippen molar-refractivity contribution in [2.45, 2.75) is 0 Å². The summed E-state index contributed by atoms with van der Waals surface area (Å²) in [6, 6.07) is 11.0. The topological polar surface area (TPSA) is 59.0 Å². The average Bonchev–Trinajstić information content (AvgIpc) is 2.98. The molecule has 1 N–H and O–H groups in total. The molecule has 7 heteroatoms. The Balaban J connectivity index is 2.07. The Morgan fingerprint density at radius 1 is 1.32 bits per heavy atom. The van der Waals surface area contributed by atoms with Crippen LogP contribution in [0, 0.1) is 0 Å². The Hall–Kier alpha value is -1.19. The first-order chi connectivity index (χ1) is 9.22. The van der Waals surface area contributed by atoms with Gasteiger partial charge in [0.2, 0.25) is 0 Å². The molecule has 0 bridgehead atoms. The Bertz CT molecular complexity index is 529. The Morgan fingerprint density at radius 2 is 2.05 bits per heavy atom. The van der Waals surface area contributed by atoms with Gasteiger partial charge in [-0.25, -0.2) is 0 Å². The van der Waals surface area contributed by atoms with E-state index in [-0.39, 0.29) is 5.91 Å². The van der Waals surface area contributed by atoms with Crippen molar-refractivity contribution in [3.8, 4) is 0 Å². The standard InChI is InChI=1S/C12H11GeNO4S/c1-14(12(15)11-3-2-8-19-11)10-6-4-9(5-7-10)13-17-18-16/h2-8,16H,1H3. The zero-order chi connectivity index (χ0) is 13.7. The fourth-order valence-electron chi connectivity index (χ4n) is 1.50. The number of nitrogens with zero attached hydrogens (tertiary/aromatic N) is 1. The van der Waals surface area contributed by atoms with E-state index >= 15 is 0 Å². The van der Waals surface area contributed by atoms with Crippen LogP contribution in [0.4, 0.5) is 5.69 Å². The number of benzene rings is 1. The normalized spacial score (nSPS) is 10.4. The van der Waals surface area contributed by atoms with E-state index in [4.69, 9.17) is 5.26 Å². The predicted molar refractivity (Wildman–Crippen MR) is 73.7 cm³/mol. The van der Waals surface area contributed by atoms with E-state index < -0.39 is 15.8 Å². The molecule has 0 unspecified atom stereocenters. The fourth-order valence-corrected chi connectivity index (χ4v) is 3.12. The van der Waals surface area contributed by atoms with Crippen molar-refractivity contribution in [1.29, 1.82) is 0 Å². The Morgan fingerprint density at radius 3 is 2.63 bits per heavy atom. The van der Waals surface area contributed by atoms with Gasteiger partial charge >= 0.3 is 121 Å². The summed E-state index contributed by atoms with van der Waals surface area (Å²) in [5, 5.41) is 13.6. The van der Waals surface area contributed by atoms with Crippen molar-refractivity contribution in [2.24, 2.45) is 0 Å². The van der Waals surface area contributed by atoms with Crippen LogP contribution in [-0.2, 0) is 8.95 Å². The van der Waals surface area contributed by atoms with Crippen LogP contribution in [-0.4, -0.2) is 34.0 Å². The summed E-state index contributed by atoms with van der Waals surface area (Å²) in [6.07, 6.45) is 0. The molecule has 1 aromatic carbocycles. The number of carbonyl (C=O) groups excluding carboxylic acids is 1. The quantitative estimate of drug-likeness (QED) is 0.512. The van der Waals surface area contributed by atoms with Crippen LogP contribution < -0.4 is 9.30 Å². The van der Waals surface area contributed by atoms with E-state index in [1.807, 2.05) is 35.7 Å². The van der Waals surface area contributed by atoms with Gasteiger partial charge in [0.25, 0.3) is 0 Å². The average molecular weight is 338 g/mol. The Kier molecular flexibility index (Phi) is 5.11. The molecule has 0 atom stereocenters. The van der Waals surface area contributed by atoms with E-state index in [1.165, 1.54) is 11.3 Å². The summed E-state index contributed by atoms with van der Waals surface area (Å²) < 4.78 is 5.48. The second-order valence-electron chi connectivity index (χ2n) is 3.65. The van der Waals surface area contributed by atoms with E-state index in [0.29, 0.717) is 4.88 Å². The van der Waals surface area contributed by atoms with Gasteiger partial charge < -0.3 is 0 Å². The molecule has 0 aliphatic rings. The van der Waals surface area contributed by atoms with Crippen LogP contribution >= 0.6 is 11.3 Å². The number of thiophene rings is 1. The summed E-state index contributed by atoms with van der Waals surface area (Å²) in [5.41, 5.74) is 0.804. The van der Waals surface area contributed by atoms with Crippen molar-refractivity contribution >= 4 is 43.1 Å². The van der Waals surface area contributed by atoms with Crippen LogP contribution in [0.25, 0.3) is 0 Å². The summed E-state index contributed by atoms with van der Waals surface area (Å²) in [5.74, 6) is -0.0336. The zero-order valence-corrected chi connectivity index (χ0v) is 13.0. The maximum absolute atomic E-state index is 12.1. The SMILES string of the molecule is CN(C(=O)c1cccs1)c1cc[c]([Ge][O]OO)cc1. The van der Waals surface area contributed by atoms with Crippen molar-refractivity contribution in [1.82, 2.24) is 0 Å². The molecule has 2 aromatic rings. The zero-order valence-electron chi connectivity index (χ0n) is 10.1. The van der Waals surface area contributed by atoms with Crippen molar-refractivity contribution in [3.05, 3.63) is 46.7 Å². The molecule has 0 saturated heterocycles. The van der Waals surface area contributed by atoms with Gasteiger partial charge in [0.1, 0.15) is 0 Å². The number of rotatable bonds is 5. The summed E-state index contributed by atoms with van der Waals surface area (Å²) in [7, 11) is 1.74. The minimum atomic E-state index is -0.964. The third kappa shape index (κ3) is 3.65. The second-order valence-corrected chi connectivity index (χ2v) is 6.59. The van der Waals surface area contributed by atoms with Gasteiger partial charge in [-0.3, -0.25) is 0 Å². The van der Waals surface area contributed by atoms with E-state index in [0.717, 1.165) is 10.1 Å². The molecule has 2 rings (SSSR count). The van der Waals surface area contributed by atoms with Crippen molar-refractivity contribution in [2.75, 3.05) is 11.9 Å². The Labute approximate surface area is 121 Å². The van der Waals surface area contributed by atoms with E-state index in [9.17, 15) is 4.79 Å². The molecule has 2 radical (unpaired) electrons. The molecular weight excluding hydrogens is 327 g/mol. The molecule has 0 aliphatic heterocycles. The monoisotopic (exact) mass is 339 g/mol. The minimum absolute atomic E-state index is 0.0336. The van der Waals surface area contributed by atoms with Crippen LogP contribution in [0.3, 0.4) is 0 Å². The third-order valence-corrected chi connectivity index (χ3v) is 4.87. The molecule has 0 saturated carbocycles. The third-order valence-electron chi connectivity index (χ3n) is 2.49. The van der Waals surface area contributed by atoms with Crippen molar-refractivity contribution < 1.29 is 19.0 Å². The van der Waals surface area contributed by atoms with Crippen molar-refractivity contribution in [3.63, 3.8) is 0 Å². The second kappa shape index (κ2) is 6.83. The maximum atomic E-state index is 12.1. The van der Waals surface area contributed by atoms with Gasteiger partial charge in [-0.2, -0.15) is 0 Å². The van der Waals surface area contributed by atoms with Crippen LogP contribution in [0.2, 0.25) is 0 Å². The number of anilines is 1. The van der Waals surface area contributed by atoms with Gasteiger partial charge in [0.15, 0.2) is 0 Å². The summed E-state index contributed by atoms with van der Waals surface area (Å²) >= 11 is 0.455. The van der Waals surface area contributed by atoms with Gasteiger partial charge in [-0.05, 0) is 0 Å². The fraction of sp³-hybridized carbons (Fsp3) is 0.0833. The molecular formula is C12H11GeNO4S. The molecule has 1 heterocycles. The van der Waals surface area contributed by atoms with E-state index in [1.54, 1.807) is 18.0 Å². The molecule has 1 aromatic heterocycles. The van der Waals surface area contributed by atoms with Gasteiger partial charge in [0.05, 0.1) is 0 Å². The molecule has 5 nitrogen and oxygen atoms in total. The first-order valence-electron chi connectivity index (χ1n) is 5.37. The van der Waals surface area contributed by atoms with Crippen LogP contribution in [0.5, 0.6) is 0 Å². The van der Waals surface area contributed by atoms with Gasteiger partial charge in [-0.15, -0.1) is 0 Å². The molecule has 0 aliphatic carbocycles. The molecule has 1 amide bonds. The summed E-state index contributed by atoms with van der Waals surface area (Å²) in [4.78, 5) is 14.4. The molecule has 0 spiro atoms. The molecule has 98 valence electrons. The van der Waals surface area contributed by atoms with Gasteiger partial charge in [0, 0.05) is 0 Å². The first-order valence-corrected chi connectivity index (χ1v) is 8.15. The number of amides is 1.